The van der Waals surface area contributed by atoms with Crippen LogP contribution in [0.5, 0.6) is 0 Å². The van der Waals surface area contributed by atoms with Gasteiger partial charge in [0.2, 0.25) is 0 Å². The van der Waals surface area contributed by atoms with Crippen molar-refractivity contribution in [3.8, 4) is 0 Å². The molecule has 0 fully saturated rings. The number of fused-ring (bicyclic) bond motifs is 1. The van der Waals surface area contributed by atoms with Gasteiger partial charge in [-0.25, -0.2) is 8.42 Å². The summed E-state index contributed by atoms with van der Waals surface area (Å²) in [5, 5.41) is 3.74. The Balaban J connectivity index is 2.17. The van der Waals surface area contributed by atoms with E-state index in [2.05, 4.69) is 24.1 Å². The largest absolute Gasteiger partial charge is 0.300 e. The second kappa shape index (κ2) is 7.26. The van der Waals surface area contributed by atoms with E-state index >= 15 is 0 Å². The summed E-state index contributed by atoms with van der Waals surface area (Å²) in [6.07, 6.45) is 7.22. The predicted molar refractivity (Wildman–Crippen MR) is 100 cm³/mol. The van der Waals surface area contributed by atoms with Crippen LogP contribution < -0.4 is 5.32 Å². The minimum atomic E-state index is -3.35. The Morgan fingerprint density at radius 1 is 1.16 bits per heavy atom. The number of nitrogens with zero attached hydrogens (tertiary/aromatic N) is 1. The van der Waals surface area contributed by atoms with E-state index in [1.807, 2.05) is 30.3 Å². The molecule has 0 saturated heterocycles. The smallest absolute Gasteiger partial charge is 0.180 e. The Morgan fingerprint density at radius 2 is 1.88 bits per heavy atom. The van der Waals surface area contributed by atoms with Gasteiger partial charge in [0.15, 0.2) is 9.84 Å². The van der Waals surface area contributed by atoms with Crippen LogP contribution in [0, 0.1) is 0 Å². The molecule has 1 aliphatic heterocycles. The number of pyridine rings is 1. The quantitative estimate of drug-likeness (QED) is 0.881. The first kappa shape index (κ1) is 18.1. The van der Waals surface area contributed by atoms with Crippen LogP contribution in [0.15, 0.2) is 53.7 Å². The molecular weight excluding hydrogens is 332 g/mol. The molecule has 0 bridgehead atoms. The summed E-state index contributed by atoms with van der Waals surface area (Å²) in [7, 11) is -3.35. The van der Waals surface area contributed by atoms with Crippen LogP contribution in [0.1, 0.15) is 56.7 Å². The fraction of sp³-hybridized carbons (Fsp3) is 0.450. The molecule has 1 aromatic heterocycles. The lowest BCUT2D eigenvalue weighted by Gasteiger charge is -2.35. The van der Waals surface area contributed by atoms with E-state index in [0.29, 0.717) is 4.90 Å². The third-order valence-electron chi connectivity index (χ3n) is 5.21. The van der Waals surface area contributed by atoms with E-state index in [1.165, 1.54) is 0 Å². The molecule has 0 aliphatic carbocycles. The van der Waals surface area contributed by atoms with Crippen molar-refractivity contribution in [2.45, 2.75) is 56.0 Å². The van der Waals surface area contributed by atoms with Crippen LogP contribution >= 0.6 is 0 Å². The van der Waals surface area contributed by atoms with Crippen molar-refractivity contribution in [2.24, 2.45) is 0 Å². The molecule has 1 aliphatic rings. The van der Waals surface area contributed by atoms with Crippen LogP contribution in [-0.4, -0.2) is 24.7 Å². The maximum Gasteiger partial charge on any atom is 0.180 e. The molecule has 2 atom stereocenters. The van der Waals surface area contributed by atoms with Crippen molar-refractivity contribution in [3.63, 3.8) is 0 Å². The van der Waals surface area contributed by atoms with E-state index in [4.69, 9.17) is 0 Å². The highest BCUT2D eigenvalue weighted by Gasteiger charge is 2.41. The van der Waals surface area contributed by atoms with Gasteiger partial charge in [-0.1, -0.05) is 44.9 Å². The van der Waals surface area contributed by atoms with Crippen LogP contribution in [0.4, 0.5) is 0 Å². The topological polar surface area (TPSA) is 59.1 Å². The molecule has 1 N–H and O–H groups in total. The Kier molecular flexibility index (Phi) is 5.25. The van der Waals surface area contributed by atoms with Gasteiger partial charge in [-0.15, -0.1) is 0 Å². The van der Waals surface area contributed by atoms with Crippen LogP contribution in [0.2, 0.25) is 0 Å². The maximum absolute atomic E-state index is 13.2. The molecule has 0 unspecified atom stereocenters. The van der Waals surface area contributed by atoms with E-state index in [-0.39, 0.29) is 11.8 Å². The van der Waals surface area contributed by atoms with Gasteiger partial charge in [0.1, 0.15) is 0 Å². The zero-order valence-corrected chi connectivity index (χ0v) is 15.7. The summed E-state index contributed by atoms with van der Waals surface area (Å²) in [6, 6.07) is 11.2. The number of aromatic nitrogens is 1. The zero-order valence-electron chi connectivity index (χ0n) is 14.9. The fourth-order valence-electron chi connectivity index (χ4n) is 3.73. The molecule has 25 heavy (non-hydrogen) atoms. The Bertz CT molecular complexity index is 821. The Hall–Kier alpha value is -1.72. The van der Waals surface area contributed by atoms with E-state index in [0.717, 1.165) is 36.8 Å². The molecule has 4 nitrogen and oxygen atoms in total. The number of hydrogen-bond acceptors (Lipinski definition) is 4. The average molecular weight is 359 g/mol. The lowest BCUT2D eigenvalue weighted by molar-refractivity contribution is 0.295. The Labute approximate surface area is 150 Å². The van der Waals surface area contributed by atoms with Gasteiger partial charge in [0, 0.05) is 17.9 Å². The molecule has 0 amide bonds. The van der Waals surface area contributed by atoms with Crippen molar-refractivity contribution >= 4 is 9.84 Å². The standard InChI is InChI=1S/C20H26N2O2S/c1-3-5-12-20(4-2)15-25(23,24)18-9-7-6-8-17(18)19(22-20)16-10-13-21-14-11-16/h6-11,13-14,19,22H,3-5,12,15H2,1-2H3/t19-,20+/m0/s1. The average Bonchev–Trinajstić information content (AvgIpc) is 2.74. The first-order valence-corrected chi connectivity index (χ1v) is 10.7. The summed E-state index contributed by atoms with van der Waals surface area (Å²) in [4.78, 5) is 4.56. The van der Waals surface area contributed by atoms with Gasteiger partial charge in [0.05, 0.1) is 16.7 Å². The zero-order chi connectivity index (χ0) is 17.9. The second-order valence-electron chi connectivity index (χ2n) is 6.89. The third-order valence-corrected chi connectivity index (χ3v) is 7.18. The number of rotatable bonds is 5. The van der Waals surface area contributed by atoms with Crippen molar-refractivity contribution in [1.29, 1.82) is 0 Å². The first-order chi connectivity index (χ1) is 12.0. The summed E-state index contributed by atoms with van der Waals surface area (Å²) >= 11 is 0. The molecule has 0 spiro atoms. The van der Waals surface area contributed by atoms with Crippen molar-refractivity contribution in [2.75, 3.05) is 5.75 Å². The van der Waals surface area contributed by atoms with Gasteiger partial charge in [-0.2, -0.15) is 0 Å². The molecule has 5 heteroatoms. The normalized spacial score (nSPS) is 25.1. The fourth-order valence-corrected chi connectivity index (χ4v) is 5.87. The highest BCUT2D eigenvalue weighted by molar-refractivity contribution is 7.91. The highest BCUT2D eigenvalue weighted by atomic mass is 32.2. The second-order valence-corrected chi connectivity index (χ2v) is 8.85. The maximum atomic E-state index is 13.2. The molecule has 2 aromatic rings. The van der Waals surface area contributed by atoms with E-state index in [9.17, 15) is 8.42 Å². The van der Waals surface area contributed by atoms with Gasteiger partial charge in [-0.05, 0) is 42.2 Å². The predicted octanol–water partition coefficient (Wildman–Crippen LogP) is 3.89. The SMILES string of the molecule is CCCC[C@]1(CC)CS(=O)(=O)c2ccccc2[C@H](c2ccncc2)N1. The molecular formula is C20H26N2O2S. The van der Waals surface area contributed by atoms with Crippen LogP contribution in [0.3, 0.4) is 0 Å². The lowest BCUT2D eigenvalue weighted by Crippen LogP contribution is -2.50. The van der Waals surface area contributed by atoms with Crippen LogP contribution in [-0.2, 0) is 9.84 Å². The number of nitrogens with one attached hydrogen (secondary N) is 1. The van der Waals surface area contributed by atoms with Crippen molar-refractivity contribution < 1.29 is 8.42 Å². The van der Waals surface area contributed by atoms with Crippen molar-refractivity contribution in [3.05, 3.63) is 59.9 Å². The Morgan fingerprint density at radius 3 is 2.56 bits per heavy atom. The summed E-state index contributed by atoms with van der Waals surface area (Å²) < 4.78 is 26.3. The highest BCUT2D eigenvalue weighted by Crippen LogP contribution is 2.37. The number of benzene rings is 1. The first-order valence-electron chi connectivity index (χ1n) is 9.00. The van der Waals surface area contributed by atoms with Gasteiger partial charge >= 0.3 is 0 Å². The van der Waals surface area contributed by atoms with Crippen molar-refractivity contribution in [1.82, 2.24) is 10.3 Å². The minimum Gasteiger partial charge on any atom is -0.300 e. The number of hydrogen-bond donors (Lipinski definition) is 1. The van der Waals surface area contributed by atoms with Gasteiger partial charge in [0.25, 0.3) is 0 Å². The molecule has 0 saturated carbocycles. The van der Waals surface area contributed by atoms with E-state index in [1.54, 1.807) is 18.5 Å². The molecule has 134 valence electrons. The van der Waals surface area contributed by atoms with E-state index < -0.39 is 15.4 Å². The third kappa shape index (κ3) is 3.62. The minimum absolute atomic E-state index is 0.145. The summed E-state index contributed by atoms with van der Waals surface area (Å²) in [5.41, 5.74) is 1.47. The van der Waals surface area contributed by atoms with Gasteiger partial charge < -0.3 is 0 Å². The monoisotopic (exact) mass is 358 g/mol. The molecule has 3 rings (SSSR count). The van der Waals surface area contributed by atoms with Gasteiger partial charge in [-0.3, -0.25) is 10.3 Å². The summed E-state index contributed by atoms with van der Waals surface area (Å²) in [5.74, 6) is 0.148. The number of unbranched alkanes of at least 4 members (excludes halogenated alkanes) is 1. The molecule has 0 radical (unpaired) electrons. The molecule has 1 aromatic carbocycles. The number of sulfone groups is 1. The van der Waals surface area contributed by atoms with Crippen LogP contribution in [0.25, 0.3) is 0 Å². The molecule has 2 heterocycles. The lowest BCUT2D eigenvalue weighted by atomic mass is 9.88. The summed E-state index contributed by atoms with van der Waals surface area (Å²) in [6.45, 7) is 4.22.